The van der Waals surface area contributed by atoms with Crippen LogP contribution in [0.25, 0.3) is 0 Å². The van der Waals surface area contributed by atoms with Crippen molar-refractivity contribution in [1.29, 1.82) is 0 Å². The van der Waals surface area contributed by atoms with Gasteiger partial charge in [0.15, 0.2) is 6.61 Å². The van der Waals surface area contributed by atoms with E-state index in [0.717, 1.165) is 15.7 Å². The molecule has 0 aromatic heterocycles. The van der Waals surface area contributed by atoms with Gasteiger partial charge in [0.25, 0.3) is 5.91 Å². The lowest BCUT2D eigenvalue weighted by atomic mass is 10.2. The number of amides is 1. The van der Waals surface area contributed by atoms with Crippen molar-refractivity contribution in [3.63, 3.8) is 0 Å². The molecular formula is C15H14BrNO2. The molecule has 0 spiro atoms. The fourth-order valence-electron chi connectivity index (χ4n) is 1.59. The first-order valence-electron chi connectivity index (χ1n) is 5.89. The third-order valence-corrected chi connectivity index (χ3v) is 3.51. The Morgan fingerprint density at radius 1 is 1.16 bits per heavy atom. The lowest BCUT2D eigenvalue weighted by Crippen LogP contribution is -2.20. The molecule has 0 unspecified atom stereocenters. The van der Waals surface area contributed by atoms with Crippen LogP contribution < -0.4 is 10.1 Å². The van der Waals surface area contributed by atoms with Gasteiger partial charge in [0.1, 0.15) is 5.75 Å². The molecular weight excluding hydrogens is 306 g/mol. The number of halogens is 1. The molecule has 3 nitrogen and oxygen atoms in total. The van der Waals surface area contributed by atoms with Crippen LogP contribution in [0.15, 0.2) is 53.0 Å². The van der Waals surface area contributed by atoms with E-state index in [2.05, 4.69) is 21.2 Å². The molecule has 0 bridgehead atoms. The average molecular weight is 320 g/mol. The molecule has 2 aromatic carbocycles. The molecule has 0 radical (unpaired) electrons. The van der Waals surface area contributed by atoms with Gasteiger partial charge in [0, 0.05) is 10.2 Å². The number of para-hydroxylation sites is 1. The molecule has 4 heteroatoms. The number of carbonyl (C=O) groups excluding carboxylic acids is 1. The van der Waals surface area contributed by atoms with Crippen LogP contribution in [0.3, 0.4) is 0 Å². The topological polar surface area (TPSA) is 38.3 Å². The summed E-state index contributed by atoms with van der Waals surface area (Å²) in [6.45, 7) is 1.94. The standard InChI is InChI=1S/C15H14BrNO2/c1-11-13(16)8-5-9-14(11)17-15(18)10-19-12-6-3-2-4-7-12/h2-9H,10H2,1H3,(H,17,18). The van der Waals surface area contributed by atoms with Crippen LogP contribution in [-0.4, -0.2) is 12.5 Å². The van der Waals surface area contributed by atoms with Gasteiger partial charge in [-0.2, -0.15) is 0 Å². The van der Waals surface area contributed by atoms with E-state index in [1.165, 1.54) is 0 Å². The first kappa shape index (κ1) is 13.6. The van der Waals surface area contributed by atoms with Crippen LogP contribution in [0.4, 0.5) is 5.69 Å². The summed E-state index contributed by atoms with van der Waals surface area (Å²) in [5.74, 6) is 0.508. The Labute approximate surface area is 120 Å². The van der Waals surface area contributed by atoms with Gasteiger partial charge in [-0.3, -0.25) is 4.79 Å². The second-order valence-electron chi connectivity index (χ2n) is 4.06. The van der Waals surface area contributed by atoms with E-state index in [4.69, 9.17) is 4.74 Å². The Balaban J connectivity index is 1.93. The summed E-state index contributed by atoms with van der Waals surface area (Å²) in [4.78, 5) is 11.8. The molecule has 0 saturated carbocycles. The van der Waals surface area contributed by atoms with E-state index in [9.17, 15) is 4.79 Å². The van der Waals surface area contributed by atoms with Crippen molar-refractivity contribution in [3.05, 3.63) is 58.6 Å². The Bertz CT molecular complexity index is 570. The third kappa shape index (κ3) is 3.83. The highest BCUT2D eigenvalue weighted by atomic mass is 79.9. The highest BCUT2D eigenvalue weighted by Gasteiger charge is 2.07. The number of carbonyl (C=O) groups is 1. The number of ether oxygens (including phenoxy) is 1. The minimum Gasteiger partial charge on any atom is -0.484 e. The number of hydrogen-bond donors (Lipinski definition) is 1. The average Bonchev–Trinajstić information content (AvgIpc) is 2.43. The molecule has 2 rings (SSSR count). The summed E-state index contributed by atoms with van der Waals surface area (Å²) in [5.41, 5.74) is 1.78. The van der Waals surface area contributed by atoms with Gasteiger partial charge in [0.2, 0.25) is 0 Å². The zero-order valence-corrected chi connectivity index (χ0v) is 12.1. The number of benzene rings is 2. The molecule has 0 heterocycles. The predicted octanol–water partition coefficient (Wildman–Crippen LogP) is 3.78. The van der Waals surface area contributed by atoms with Crippen molar-refractivity contribution < 1.29 is 9.53 Å². The fraction of sp³-hybridized carbons (Fsp3) is 0.133. The Morgan fingerprint density at radius 2 is 1.89 bits per heavy atom. The van der Waals surface area contributed by atoms with Crippen molar-refractivity contribution >= 4 is 27.5 Å². The predicted molar refractivity (Wildman–Crippen MR) is 79.4 cm³/mol. The van der Waals surface area contributed by atoms with Crippen LogP contribution in [0.5, 0.6) is 5.75 Å². The van der Waals surface area contributed by atoms with Crippen LogP contribution in [0.2, 0.25) is 0 Å². The third-order valence-electron chi connectivity index (χ3n) is 2.65. The Morgan fingerprint density at radius 3 is 2.63 bits per heavy atom. The summed E-state index contributed by atoms with van der Waals surface area (Å²) in [6, 6.07) is 14.9. The van der Waals surface area contributed by atoms with Crippen molar-refractivity contribution in [2.75, 3.05) is 11.9 Å². The molecule has 0 saturated heterocycles. The first-order valence-corrected chi connectivity index (χ1v) is 6.69. The van der Waals surface area contributed by atoms with Gasteiger partial charge in [-0.05, 0) is 36.8 Å². The summed E-state index contributed by atoms with van der Waals surface area (Å²) in [7, 11) is 0. The second kappa shape index (κ2) is 6.38. The number of nitrogens with one attached hydrogen (secondary N) is 1. The van der Waals surface area contributed by atoms with E-state index in [-0.39, 0.29) is 12.5 Å². The Kier molecular flexibility index (Phi) is 4.58. The maximum absolute atomic E-state index is 11.8. The first-order chi connectivity index (χ1) is 9.16. The summed E-state index contributed by atoms with van der Waals surface area (Å²) >= 11 is 3.43. The minimum absolute atomic E-state index is 0.00400. The zero-order valence-electron chi connectivity index (χ0n) is 10.5. The van der Waals surface area contributed by atoms with E-state index in [1.54, 1.807) is 0 Å². The molecule has 1 amide bonds. The monoisotopic (exact) mass is 319 g/mol. The van der Waals surface area contributed by atoms with E-state index >= 15 is 0 Å². The molecule has 1 N–H and O–H groups in total. The highest BCUT2D eigenvalue weighted by Crippen LogP contribution is 2.23. The highest BCUT2D eigenvalue weighted by molar-refractivity contribution is 9.10. The normalized spacial score (nSPS) is 10.0. The zero-order chi connectivity index (χ0) is 13.7. The van der Waals surface area contributed by atoms with Crippen molar-refractivity contribution in [2.24, 2.45) is 0 Å². The fourth-order valence-corrected chi connectivity index (χ4v) is 1.96. The molecule has 0 fully saturated rings. The summed E-state index contributed by atoms with van der Waals surface area (Å²) in [6.07, 6.45) is 0. The van der Waals surface area contributed by atoms with Crippen LogP contribution in [0, 0.1) is 6.92 Å². The van der Waals surface area contributed by atoms with Gasteiger partial charge in [-0.1, -0.05) is 40.2 Å². The lowest BCUT2D eigenvalue weighted by Gasteiger charge is -2.10. The number of anilines is 1. The lowest BCUT2D eigenvalue weighted by molar-refractivity contribution is -0.118. The smallest absolute Gasteiger partial charge is 0.262 e. The van der Waals surface area contributed by atoms with Crippen molar-refractivity contribution in [1.82, 2.24) is 0 Å². The summed E-state index contributed by atoms with van der Waals surface area (Å²) in [5, 5.41) is 2.83. The van der Waals surface area contributed by atoms with Gasteiger partial charge in [-0.15, -0.1) is 0 Å². The molecule has 0 aliphatic rings. The second-order valence-corrected chi connectivity index (χ2v) is 4.92. The number of hydrogen-bond acceptors (Lipinski definition) is 2. The van der Waals surface area contributed by atoms with E-state index in [1.807, 2.05) is 55.5 Å². The largest absolute Gasteiger partial charge is 0.484 e. The van der Waals surface area contributed by atoms with Gasteiger partial charge in [0.05, 0.1) is 0 Å². The van der Waals surface area contributed by atoms with Crippen molar-refractivity contribution in [3.8, 4) is 5.75 Å². The molecule has 0 aliphatic carbocycles. The van der Waals surface area contributed by atoms with Crippen LogP contribution in [-0.2, 0) is 4.79 Å². The summed E-state index contributed by atoms with van der Waals surface area (Å²) < 4.78 is 6.35. The van der Waals surface area contributed by atoms with Crippen LogP contribution in [0.1, 0.15) is 5.56 Å². The molecule has 2 aromatic rings. The quantitative estimate of drug-likeness (QED) is 0.931. The van der Waals surface area contributed by atoms with Gasteiger partial charge < -0.3 is 10.1 Å². The minimum atomic E-state index is -0.176. The van der Waals surface area contributed by atoms with Crippen molar-refractivity contribution in [2.45, 2.75) is 6.92 Å². The van der Waals surface area contributed by atoms with Gasteiger partial charge >= 0.3 is 0 Å². The molecule has 98 valence electrons. The maximum Gasteiger partial charge on any atom is 0.262 e. The molecule has 0 atom stereocenters. The van der Waals surface area contributed by atoms with E-state index < -0.39 is 0 Å². The molecule has 0 aliphatic heterocycles. The Hall–Kier alpha value is -1.81. The SMILES string of the molecule is Cc1c(Br)cccc1NC(=O)COc1ccccc1. The van der Waals surface area contributed by atoms with E-state index in [0.29, 0.717) is 5.75 Å². The maximum atomic E-state index is 11.8. The number of rotatable bonds is 4. The van der Waals surface area contributed by atoms with Crippen LogP contribution >= 0.6 is 15.9 Å². The van der Waals surface area contributed by atoms with Gasteiger partial charge in [-0.25, -0.2) is 0 Å². The molecule has 19 heavy (non-hydrogen) atoms.